The number of anilines is 2. The number of nitrogens with one attached hydrogen (secondary N) is 2. The molecule has 2 aromatic carbocycles. The summed E-state index contributed by atoms with van der Waals surface area (Å²) >= 11 is 7.84. The van der Waals surface area contributed by atoms with Crippen LogP contribution >= 0.6 is 23.4 Å². The van der Waals surface area contributed by atoms with Crippen molar-refractivity contribution in [3.63, 3.8) is 0 Å². The van der Waals surface area contributed by atoms with Gasteiger partial charge in [-0.3, -0.25) is 0 Å². The Labute approximate surface area is 174 Å². The van der Waals surface area contributed by atoms with Crippen LogP contribution in [0.1, 0.15) is 5.56 Å². The number of aromatic nitrogens is 4. The first-order valence-corrected chi connectivity index (χ1v) is 9.60. The Hall–Kier alpha value is -3.36. The fourth-order valence-corrected chi connectivity index (χ4v) is 3.71. The van der Waals surface area contributed by atoms with Crippen LogP contribution in [0.25, 0.3) is 16.5 Å². The molecule has 4 rings (SSSR count). The SMILES string of the molecule is C=C(C(=O)[O-])c1ccc2c(Nc3ccc(Sc4ncc[nH]4)c(Cl)c3)ncnc2c1. The minimum Gasteiger partial charge on any atom is -0.545 e. The van der Waals surface area contributed by atoms with E-state index < -0.39 is 5.97 Å². The number of rotatable bonds is 6. The summed E-state index contributed by atoms with van der Waals surface area (Å²) in [5.74, 6) is -0.748. The molecular formula is C20H13ClN5O2S-. The number of aromatic amines is 1. The summed E-state index contributed by atoms with van der Waals surface area (Å²) < 4.78 is 0. The van der Waals surface area contributed by atoms with Gasteiger partial charge in [0.15, 0.2) is 5.16 Å². The van der Waals surface area contributed by atoms with Crippen molar-refractivity contribution < 1.29 is 9.90 Å². The molecule has 0 saturated heterocycles. The third-order valence-corrected chi connectivity index (χ3v) is 5.52. The zero-order valence-corrected chi connectivity index (χ0v) is 16.4. The summed E-state index contributed by atoms with van der Waals surface area (Å²) in [4.78, 5) is 27.6. The second-order valence-corrected chi connectivity index (χ2v) is 7.42. The molecule has 0 saturated carbocycles. The van der Waals surface area contributed by atoms with E-state index >= 15 is 0 Å². The Morgan fingerprint density at radius 2 is 2.03 bits per heavy atom. The van der Waals surface area contributed by atoms with Crippen molar-refractivity contribution in [3.8, 4) is 0 Å². The fraction of sp³-hybridized carbons (Fsp3) is 0. The number of imidazole rings is 1. The summed E-state index contributed by atoms with van der Waals surface area (Å²) in [5.41, 5.74) is 1.67. The van der Waals surface area contributed by atoms with Gasteiger partial charge in [-0.05, 0) is 41.5 Å². The molecule has 2 N–H and O–H groups in total. The van der Waals surface area contributed by atoms with Crippen LogP contribution < -0.4 is 10.4 Å². The van der Waals surface area contributed by atoms with E-state index in [4.69, 9.17) is 11.6 Å². The Bertz CT molecular complexity index is 1230. The van der Waals surface area contributed by atoms with Crippen LogP contribution in [0.5, 0.6) is 0 Å². The maximum atomic E-state index is 11.0. The third kappa shape index (κ3) is 4.08. The van der Waals surface area contributed by atoms with Gasteiger partial charge in [0, 0.05) is 28.4 Å². The number of benzene rings is 2. The van der Waals surface area contributed by atoms with Gasteiger partial charge in [-0.25, -0.2) is 15.0 Å². The standard InChI is InChI=1S/C20H14ClN5O2S/c1-11(19(27)28)12-2-4-14-16(8-12)24-10-25-18(14)26-13-3-5-17(15(21)9-13)29-20-22-6-7-23-20/h2-10H,1H2,(H,22,23)(H,27,28)(H,24,25,26)/p-1. The number of carboxylic acid groups (broad SMARTS) is 1. The number of carboxylic acids is 1. The van der Waals surface area contributed by atoms with Crippen molar-refractivity contribution in [2.75, 3.05) is 5.32 Å². The van der Waals surface area contributed by atoms with Gasteiger partial charge in [0.2, 0.25) is 0 Å². The van der Waals surface area contributed by atoms with Gasteiger partial charge in [0.1, 0.15) is 12.1 Å². The van der Waals surface area contributed by atoms with Crippen molar-refractivity contribution in [1.29, 1.82) is 0 Å². The molecule has 0 fully saturated rings. The van der Waals surface area contributed by atoms with Crippen LogP contribution in [-0.4, -0.2) is 25.9 Å². The van der Waals surface area contributed by atoms with E-state index in [9.17, 15) is 9.90 Å². The number of aliphatic carboxylic acids is 1. The molecule has 9 heteroatoms. The van der Waals surface area contributed by atoms with E-state index in [1.165, 1.54) is 18.1 Å². The number of halogens is 1. The number of carbonyl (C=O) groups excluding carboxylic acids is 1. The summed E-state index contributed by atoms with van der Waals surface area (Å²) in [6.07, 6.45) is 4.83. The highest BCUT2D eigenvalue weighted by atomic mass is 35.5. The van der Waals surface area contributed by atoms with Crippen LogP contribution in [0.3, 0.4) is 0 Å². The number of nitrogens with zero attached hydrogens (tertiary/aromatic N) is 3. The Balaban J connectivity index is 1.61. The Kier molecular flexibility index (Phi) is 5.20. The molecule has 2 aromatic heterocycles. The van der Waals surface area contributed by atoms with Gasteiger partial charge in [-0.15, -0.1) is 0 Å². The normalized spacial score (nSPS) is 10.8. The number of fused-ring (bicyclic) bond motifs is 1. The van der Waals surface area contributed by atoms with E-state index in [-0.39, 0.29) is 5.57 Å². The number of hydrogen-bond acceptors (Lipinski definition) is 7. The fourth-order valence-electron chi connectivity index (χ4n) is 2.67. The maximum absolute atomic E-state index is 11.0. The average molecular weight is 423 g/mol. The van der Waals surface area contributed by atoms with Gasteiger partial charge < -0.3 is 20.2 Å². The number of hydrogen-bond donors (Lipinski definition) is 2. The lowest BCUT2D eigenvalue weighted by Gasteiger charge is -2.12. The monoisotopic (exact) mass is 422 g/mol. The van der Waals surface area contributed by atoms with Crippen molar-refractivity contribution in [2.45, 2.75) is 10.1 Å². The molecule has 0 atom stereocenters. The Morgan fingerprint density at radius 1 is 1.17 bits per heavy atom. The maximum Gasteiger partial charge on any atom is 0.170 e. The largest absolute Gasteiger partial charge is 0.545 e. The zero-order chi connectivity index (χ0) is 20.4. The van der Waals surface area contributed by atoms with Crippen molar-refractivity contribution in [3.05, 3.63) is 72.3 Å². The van der Waals surface area contributed by atoms with Crippen LogP contribution in [0.4, 0.5) is 11.5 Å². The van der Waals surface area contributed by atoms with Gasteiger partial charge in [0.25, 0.3) is 0 Å². The summed E-state index contributed by atoms with van der Waals surface area (Å²) in [7, 11) is 0. The molecule has 4 aromatic rings. The predicted octanol–water partition coefficient (Wildman–Crippen LogP) is 3.66. The lowest BCUT2D eigenvalue weighted by atomic mass is 10.1. The lowest BCUT2D eigenvalue weighted by molar-refractivity contribution is -0.295. The molecule has 0 unspecified atom stereocenters. The van der Waals surface area contributed by atoms with Crippen LogP contribution in [0.15, 0.2) is 71.8 Å². The van der Waals surface area contributed by atoms with E-state index in [0.29, 0.717) is 21.9 Å². The van der Waals surface area contributed by atoms with Crippen molar-refractivity contribution in [2.24, 2.45) is 0 Å². The summed E-state index contributed by atoms with van der Waals surface area (Å²) in [6, 6.07) is 10.6. The molecule has 144 valence electrons. The third-order valence-electron chi connectivity index (χ3n) is 4.11. The van der Waals surface area contributed by atoms with Gasteiger partial charge in [0.05, 0.1) is 16.5 Å². The Morgan fingerprint density at radius 3 is 2.76 bits per heavy atom. The van der Waals surface area contributed by atoms with E-state index in [1.54, 1.807) is 36.7 Å². The van der Waals surface area contributed by atoms with Crippen LogP contribution in [0, 0.1) is 0 Å². The second-order valence-electron chi connectivity index (χ2n) is 5.99. The molecule has 29 heavy (non-hydrogen) atoms. The minimum absolute atomic E-state index is 0.101. The highest BCUT2D eigenvalue weighted by Gasteiger charge is 2.10. The molecule has 0 aliphatic rings. The molecule has 0 radical (unpaired) electrons. The highest BCUT2D eigenvalue weighted by Crippen LogP contribution is 2.34. The zero-order valence-electron chi connectivity index (χ0n) is 14.8. The number of carbonyl (C=O) groups is 1. The van der Waals surface area contributed by atoms with E-state index in [2.05, 4.69) is 31.8 Å². The molecule has 2 heterocycles. The van der Waals surface area contributed by atoms with Crippen molar-refractivity contribution >= 4 is 57.3 Å². The summed E-state index contributed by atoms with van der Waals surface area (Å²) in [5, 5.41) is 16.3. The number of H-pyrrole nitrogens is 1. The molecule has 0 aliphatic carbocycles. The minimum atomic E-state index is -1.32. The smallest absolute Gasteiger partial charge is 0.170 e. The average Bonchev–Trinajstić information content (AvgIpc) is 3.22. The van der Waals surface area contributed by atoms with Gasteiger partial charge in [-0.1, -0.05) is 36.0 Å². The van der Waals surface area contributed by atoms with E-state index in [0.717, 1.165) is 21.1 Å². The second kappa shape index (κ2) is 7.94. The molecule has 0 aliphatic heterocycles. The molecule has 7 nitrogen and oxygen atoms in total. The highest BCUT2D eigenvalue weighted by molar-refractivity contribution is 7.99. The van der Waals surface area contributed by atoms with Crippen molar-refractivity contribution in [1.82, 2.24) is 19.9 Å². The topological polar surface area (TPSA) is 107 Å². The summed E-state index contributed by atoms with van der Waals surface area (Å²) in [6.45, 7) is 3.52. The molecular weight excluding hydrogens is 410 g/mol. The first-order chi connectivity index (χ1) is 14.0. The molecule has 0 bridgehead atoms. The molecule has 0 spiro atoms. The van der Waals surface area contributed by atoms with Crippen LogP contribution in [0.2, 0.25) is 5.02 Å². The first kappa shape index (κ1) is 19.0. The first-order valence-electron chi connectivity index (χ1n) is 8.40. The quantitative estimate of drug-likeness (QED) is 0.456. The van der Waals surface area contributed by atoms with Gasteiger partial charge in [-0.2, -0.15) is 0 Å². The van der Waals surface area contributed by atoms with E-state index in [1.807, 2.05) is 12.1 Å². The molecule has 0 amide bonds. The van der Waals surface area contributed by atoms with Gasteiger partial charge >= 0.3 is 0 Å². The predicted molar refractivity (Wildman–Crippen MR) is 111 cm³/mol. The lowest BCUT2D eigenvalue weighted by Crippen LogP contribution is -2.22. The van der Waals surface area contributed by atoms with Crippen LogP contribution in [-0.2, 0) is 4.79 Å².